The summed E-state index contributed by atoms with van der Waals surface area (Å²) in [6.07, 6.45) is 2.34. The van der Waals surface area contributed by atoms with Crippen molar-refractivity contribution in [1.29, 1.82) is 0 Å². The van der Waals surface area contributed by atoms with Gasteiger partial charge in [0.05, 0.1) is 0 Å². The Labute approximate surface area is 151 Å². The van der Waals surface area contributed by atoms with Crippen LogP contribution >= 0.6 is 0 Å². The van der Waals surface area contributed by atoms with Gasteiger partial charge in [-0.2, -0.15) is 0 Å². The first-order chi connectivity index (χ1) is 12.4. The molecule has 1 atom stereocenters. The van der Waals surface area contributed by atoms with Gasteiger partial charge in [-0.1, -0.05) is 24.3 Å². The molecule has 0 saturated carbocycles. The van der Waals surface area contributed by atoms with Crippen LogP contribution in [-0.4, -0.2) is 48.2 Å². The van der Waals surface area contributed by atoms with Crippen LogP contribution in [-0.2, 0) is 11.3 Å². The Morgan fingerprint density at radius 3 is 2.38 bits per heavy atom. The van der Waals surface area contributed by atoms with Gasteiger partial charge in [0.1, 0.15) is 5.75 Å². The van der Waals surface area contributed by atoms with Crippen molar-refractivity contribution < 1.29 is 22.7 Å². The fourth-order valence-corrected chi connectivity index (χ4v) is 3.43. The molecule has 0 N–H and O–H groups in total. The smallest absolute Gasteiger partial charge is 0.406 e. The number of hydrogen-bond donors (Lipinski definition) is 0. The summed E-state index contributed by atoms with van der Waals surface area (Å²) < 4.78 is 40.4. The number of hydrogen-bond acceptors (Lipinski definition) is 3. The molecule has 1 aliphatic heterocycles. The van der Waals surface area contributed by atoms with Crippen LogP contribution in [0.15, 0.2) is 36.4 Å². The Bertz CT molecular complexity index is 635. The standard InChI is InChI=1S/C19H23F3N2O2/c20-19(21,22)26-17-7-5-16(6-8-17)14-23-9-11-24(12-10-23)18(25)13-15-3-1-2-4-15/h1,3,5-8,15H,2,4,9-14H2. The van der Waals surface area contributed by atoms with Crippen molar-refractivity contribution in [3.05, 3.63) is 42.0 Å². The molecule has 0 spiro atoms. The highest BCUT2D eigenvalue weighted by Gasteiger charge is 2.31. The topological polar surface area (TPSA) is 32.8 Å². The minimum absolute atomic E-state index is 0.211. The Balaban J connectivity index is 1.43. The molecule has 1 aromatic rings. The molecule has 7 heteroatoms. The van der Waals surface area contributed by atoms with Gasteiger partial charge in [0.2, 0.25) is 5.91 Å². The van der Waals surface area contributed by atoms with Gasteiger partial charge in [-0.25, -0.2) is 0 Å². The third-order valence-electron chi connectivity index (χ3n) is 4.84. The normalized spacial score (nSPS) is 21.2. The largest absolute Gasteiger partial charge is 0.573 e. The third kappa shape index (κ3) is 5.49. The zero-order valence-corrected chi connectivity index (χ0v) is 14.5. The predicted octanol–water partition coefficient (Wildman–Crippen LogP) is 3.59. The molecule has 142 valence electrons. The summed E-state index contributed by atoms with van der Waals surface area (Å²) in [4.78, 5) is 16.5. The number of benzene rings is 1. The molecule has 2 aliphatic rings. The zero-order valence-electron chi connectivity index (χ0n) is 14.5. The van der Waals surface area contributed by atoms with Crippen LogP contribution in [0.3, 0.4) is 0 Å². The fraction of sp³-hybridized carbons (Fsp3) is 0.526. The lowest BCUT2D eigenvalue weighted by atomic mass is 10.0. The van der Waals surface area contributed by atoms with E-state index >= 15 is 0 Å². The lowest BCUT2D eigenvalue weighted by Gasteiger charge is -2.35. The van der Waals surface area contributed by atoms with E-state index in [2.05, 4.69) is 21.8 Å². The molecule has 1 fully saturated rings. The summed E-state index contributed by atoms with van der Waals surface area (Å²) in [5.41, 5.74) is 0.926. The average molecular weight is 368 g/mol. The summed E-state index contributed by atoms with van der Waals surface area (Å²) in [5, 5.41) is 0. The van der Waals surface area contributed by atoms with E-state index in [1.54, 1.807) is 12.1 Å². The molecule has 1 aliphatic carbocycles. The van der Waals surface area contributed by atoms with Gasteiger partial charge in [0.25, 0.3) is 0 Å². The molecule has 0 radical (unpaired) electrons. The second kappa shape index (κ2) is 8.12. The Kier molecular flexibility index (Phi) is 5.86. The van der Waals surface area contributed by atoms with E-state index in [1.807, 2.05) is 4.90 Å². The fourth-order valence-electron chi connectivity index (χ4n) is 3.43. The maximum absolute atomic E-state index is 12.3. The number of nitrogens with zero attached hydrogens (tertiary/aromatic N) is 2. The van der Waals surface area contributed by atoms with Gasteiger partial charge >= 0.3 is 6.36 Å². The first-order valence-corrected chi connectivity index (χ1v) is 8.90. The first kappa shape index (κ1) is 18.8. The maximum atomic E-state index is 12.3. The van der Waals surface area contributed by atoms with Gasteiger partial charge in [-0.15, -0.1) is 13.2 Å². The number of allylic oxidation sites excluding steroid dienone is 2. The summed E-state index contributed by atoms with van der Waals surface area (Å²) >= 11 is 0. The minimum Gasteiger partial charge on any atom is -0.406 e. The van der Waals surface area contributed by atoms with E-state index in [-0.39, 0.29) is 11.7 Å². The van der Waals surface area contributed by atoms with E-state index in [0.717, 1.165) is 31.5 Å². The molecular weight excluding hydrogens is 345 g/mol. The SMILES string of the molecule is O=C(CC1C=CCC1)N1CCN(Cc2ccc(OC(F)(F)F)cc2)CC1. The van der Waals surface area contributed by atoms with Crippen LogP contribution in [0, 0.1) is 5.92 Å². The molecule has 1 saturated heterocycles. The van der Waals surface area contributed by atoms with Crippen molar-refractivity contribution in [1.82, 2.24) is 9.80 Å². The molecule has 0 aromatic heterocycles. The predicted molar refractivity (Wildman–Crippen MR) is 91.5 cm³/mol. The highest BCUT2D eigenvalue weighted by Crippen LogP contribution is 2.24. The van der Waals surface area contributed by atoms with Gasteiger partial charge in [-0.3, -0.25) is 9.69 Å². The third-order valence-corrected chi connectivity index (χ3v) is 4.84. The zero-order chi connectivity index (χ0) is 18.6. The molecule has 1 amide bonds. The highest BCUT2D eigenvalue weighted by molar-refractivity contribution is 5.76. The average Bonchev–Trinajstić information content (AvgIpc) is 3.09. The number of alkyl halides is 3. The van der Waals surface area contributed by atoms with Crippen LogP contribution in [0.5, 0.6) is 5.75 Å². The van der Waals surface area contributed by atoms with E-state index in [9.17, 15) is 18.0 Å². The van der Waals surface area contributed by atoms with Crippen molar-refractivity contribution in [2.45, 2.75) is 32.2 Å². The van der Waals surface area contributed by atoms with E-state index in [1.165, 1.54) is 12.1 Å². The summed E-state index contributed by atoms with van der Waals surface area (Å²) in [6, 6.07) is 5.95. The summed E-state index contributed by atoms with van der Waals surface area (Å²) in [6.45, 7) is 3.59. The molecule has 26 heavy (non-hydrogen) atoms. The monoisotopic (exact) mass is 368 g/mol. The van der Waals surface area contributed by atoms with Gasteiger partial charge in [-0.05, 0) is 36.5 Å². The Hall–Kier alpha value is -2.02. The molecule has 1 unspecified atom stereocenters. The number of piperazine rings is 1. The molecular formula is C19H23F3N2O2. The minimum atomic E-state index is -4.67. The molecule has 1 heterocycles. The number of ether oxygens (including phenoxy) is 1. The lowest BCUT2D eigenvalue weighted by Crippen LogP contribution is -2.48. The van der Waals surface area contributed by atoms with Crippen molar-refractivity contribution in [3.63, 3.8) is 0 Å². The number of amides is 1. The maximum Gasteiger partial charge on any atom is 0.573 e. The van der Waals surface area contributed by atoms with E-state index < -0.39 is 6.36 Å². The second-order valence-corrected chi connectivity index (χ2v) is 6.82. The lowest BCUT2D eigenvalue weighted by molar-refractivity contribution is -0.274. The van der Waals surface area contributed by atoms with E-state index in [4.69, 9.17) is 0 Å². The van der Waals surface area contributed by atoms with Crippen molar-refractivity contribution in [3.8, 4) is 5.75 Å². The first-order valence-electron chi connectivity index (χ1n) is 8.90. The molecule has 0 bridgehead atoms. The van der Waals surface area contributed by atoms with E-state index in [0.29, 0.717) is 32.0 Å². The Morgan fingerprint density at radius 2 is 1.81 bits per heavy atom. The summed E-state index contributed by atoms with van der Waals surface area (Å²) in [7, 11) is 0. The van der Waals surface area contributed by atoms with Crippen LogP contribution in [0.4, 0.5) is 13.2 Å². The number of carbonyl (C=O) groups excluding carboxylic acids is 1. The van der Waals surface area contributed by atoms with Crippen molar-refractivity contribution in [2.75, 3.05) is 26.2 Å². The number of halogens is 3. The van der Waals surface area contributed by atoms with Crippen LogP contribution in [0.2, 0.25) is 0 Å². The highest BCUT2D eigenvalue weighted by atomic mass is 19.4. The van der Waals surface area contributed by atoms with Gasteiger partial charge in [0, 0.05) is 39.1 Å². The van der Waals surface area contributed by atoms with Crippen LogP contribution < -0.4 is 4.74 Å². The van der Waals surface area contributed by atoms with Crippen molar-refractivity contribution in [2.24, 2.45) is 5.92 Å². The second-order valence-electron chi connectivity index (χ2n) is 6.82. The van der Waals surface area contributed by atoms with Crippen LogP contribution in [0.25, 0.3) is 0 Å². The summed E-state index contributed by atoms with van der Waals surface area (Å²) in [5.74, 6) is 0.394. The number of rotatable bonds is 5. The number of carbonyl (C=O) groups is 1. The van der Waals surface area contributed by atoms with Gasteiger partial charge in [0.15, 0.2) is 0 Å². The quantitative estimate of drug-likeness (QED) is 0.745. The molecule has 3 rings (SSSR count). The van der Waals surface area contributed by atoms with Gasteiger partial charge < -0.3 is 9.64 Å². The van der Waals surface area contributed by atoms with Crippen LogP contribution in [0.1, 0.15) is 24.8 Å². The molecule has 1 aromatic carbocycles. The Morgan fingerprint density at radius 1 is 1.12 bits per heavy atom. The molecule has 4 nitrogen and oxygen atoms in total. The van der Waals surface area contributed by atoms with Crippen molar-refractivity contribution >= 4 is 5.91 Å².